The minimum absolute atomic E-state index is 0.118. The molecule has 4 aromatic rings. The number of halogens is 1. The Morgan fingerprint density at radius 3 is 2.45 bits per heavy atom. The lowest BCUT2D eigenvalue weighted by molar-refractivity contribution is 0.628. The molecule has 31 heavy (non-hydrogen) atoms. The molecule has 1 aliphatic rings. The predicted molar refractivity (Wildman–Crippen MR) is 134 cm³/mol. The quantitative estimate of drug-likeness (QED) is 0.324. The lowest BCUT2D eigenvalue weighted by atomic mass is 10.0. The van der Waals surface area contributed by atoms with Gasteiger partial charge in [-0.3, -0.25) is 4.98 Å². The number of H-pyrrole nitrogens is 1. The maximum Gasteiger partial charge on any atom is 0.123 e. The van der Waals surface area contributed by atoms with E-state index in [1.165, 1.54) is 29.7 Å². The van der Waals surface area contributed by atoms with E-state index < -0.39 is 0 Å². The van der Waals surface area contributed by atoms with Gasteiger partial charge in [-0.05, 0) is 107 Å². The van der Waals surface area contributed by atoms with Crippen LogP contribution >= 0.6 is 22.7 Å². The van der Waals surface area contributed by atoms with Crippen molar-refractivity contribution in [1.82, 2.24) is 9.97 Å². The molecule has 3 heterocycles. The highest BCUT2D eigenvalue weighted by molar-refractivity contribution is 8.27. The first-order valence-electron chi connectivity index (χ1n) is 10.4. The van der Waals surface area contributed by atoms with Gasteiger partial charge in [0.15, 0.2) is 0 Å². The first-order chi connectivity index (χ1) is 15.1. The van der Waals surface area contributed by atoms with E-state index in [1.807, 2.05) is 36.0 Å². The molecule has 0 spiro atoms. The van der Waals surface area contributed by atoms with E-state index in [-0.39, 0.29) is 16.7 Å². The van der Waals surface area contributed by atoms with Crippen molar-refractivity contribution in [2.75, 3.05) is 12.5 Å². The van der Waals surface area contributed by atoms with Crippen LogP contribution in [-0.2, 0) is 6.42 Å². The van der Waals surface area contributed by atoms with Gasteiger partial charge in [0, 0.05) is 28.2 Å². The van der Waals surface area contributed by atoms with Gasteiger partial charge in [0.1, 0.15) is 5.82 Å². The number of pyridine rings is 1. The summed E-state index contributed by atoms with van der Waals surface area (Å²) in [4.78, 5) is 9.33. The van der Waals surface area contributed by atoms with Gasteiger partial charge < -0.3 is 4.98 Å². The third-order valence-corrected chi connectivity index (χ3v) is 10.8. The molecular formula is C26H25FN2S2. The number of nitrogens with zero attached hydrogens (tertiary/aromatic N) is 1. The van der Waals surface area contributed by atoms with Crippen molar-refractivity contribution in [2.24, 2.45) is 0 Å². The van der Waals surface area contributed by atoms with Crippen LogP contribution < -0.4 is 0 Å². The molecule has 2 atom stereocenters. The molecular weight excluding hydrogens is 423 g/mol. The molecule has 0 aliphatic carbocycles. The second-order valence-corrected chi connectivity index (χ2v) is 11.6. The fourth-order valence-corrected chi connectivity index (χ4v) is 8.14. The molecule has 0 fully saturated rings. The molecule has 5 heteroatoms. The van der Waals surface area contributed by atoms with Gasteiger partial charge in [-0.2, -0.15) is 11.8 Å². The summed E-state index contributed by atoms with van der Waals surface area (Å²) in [5.41, 5.74) is 7.93. The summed E-state index contributed by atoms with van der Waals surface area (Å²) in [6.45, 7) is 0. The van der Waals surface area contributed by atoms with Gasteiger partial charge in [0.2, 0.25) is 0 Å². The molecule has 0 bridgehead atoms. The summed E-state index contributed by atoms with van der Waals surface area (Å²) >= 11 is 2.01. The van der Waals surface area contributed by atoms with Gasteiger partial charge in [-0.25, -0.2) is 15.3 Å². The second kappa shape index (κ2) is 8.56. The number of benzene rings is 2. The average molecular weight is 449 g/mol. The first kappa shape index (κ1) is 20.4. The Kier molecular flexibility index (Phi) is 5.63. The zero-order valence-corrected chi connectivity index (χ0v) is 19.3. The molecule has 0 amide bonds. The highest BCUT2D eigenvalue weighted by Gasteiger charge is 2.23. The van der Waals surface area contributed by atoms with Crippen LogP contribution in [0.15, 0.2) is 78.0 Å². The Bertz CT molecular complexity index is 1200. The Hall–Kier alpha value is -2.50. The molecule has 0 saturated carbocycles. The van der Waals surface area contributed by atoms with Crippen molar-refractivity contribution in [3.05, 3.63) is 84.4 Å². The number of rotatable bonds is 4. The Morgan fingerprint density at radius 1 is 0.968 bits per heavy atom. The zero-order chi connectivity index (χ0) is 21.4. The fraction of sp³-hybridized carbons (Fsp3) is 0.192. The minimum atomic E-state index is -0.227. The standard InChI is InChI=1S/C26H25FN2S2/c1-30-25-10-6-20-15-19(5-9-24(20)31(25)2)23-16-22(17-11-13-28-14-12-17)26(29-23)18-3-7-21(27)8-4-18/h3-5,7-9,11-16,25,29,31H,6,10H2,1-2H3. The largest absolute Gasteiger partial charge is 0.354 e. The van der Waals surface area contributed by atoms with Crippen molar-refractivity contribution in [3.63, 3.8) is 0 Å². The Balaban J connectivity index is 1.60. The van der Waals surface area contributed by atoms with E-state index in [9.17, 15) is 4.39 Å². The summed E-state index contributed by atoms with van der Waals surface area (Å²) in [5.74, 6) is -0.227. The zero-order valence-electron chi connectivity index (χ0n) is 17.6. The van der Waals surface area contributed by atoms with Gasteiger partial charge in [0.05, 0.1) is 5.69 Å². The highest BCUT2D eigenvalue weighted by atomic mass is 32.2. The number of hydrogen-bond donors (Lipinski definition) is 2. The number of thioether (sulfide) groups is 1. The molecule has 1 N–H and O–H groups in total. The van der Waals surface area contributed by atoms with Crippen molar-refractivity contribution >= 4 is 22.7 Å². The molecule has 5 rings (SSSR count). The second-order valence-electron chi connectivity index (χ2n) is 7.90. The number of aryl methyl sites for hydroxylation is 1. The van der Waals surface area contributed by atoms with Gasteiger partial charge >= 0.3 is 0 Å². The van der Waals surface area contributed by atoms with Crippen LogP contribution in [0.5, 0.6) is 0 Å². The van der Waals surface area contributed by atoms with Gasteiger partial charge in [-0.15, -0.1) is 0 Å². The smallest absolute Gasteiger partial charge is 0.123 e. The highest BCUT2D eigenvalue weighted by Crippen LogP contribution is 2.50. The number of fused-ring (bicyclic) bond motifs is 1. The topological polar surface area (TPSA) is 28.7 Å². The molecule has 1 aliphatic heterocycles. The number of aromatic nitrogens is 2. The summed E-state index contributed by atoms with van der Waals surface area (Å²) in [6.07, 6.45) is 10.7. The van der Waals surface area contributed by atoms with Crippen LogP contribution in [0.25, 0.3) is 33.6 Å². The molecule has 2 aromatic carbocycles. The molecule has 0 radical (unpaired) electrons. The molecule has 0 saturated heterocycles. The monoisotopic (exact) mass is 448 g/mol. The minimum Gasteiger partial charge on any atom is -0.354 e. The number of nitrogens with one attached hydrogen (secondary N) is 1. The SMILES string of the molecule is CSC1CCc2cc(-c3cc(-c4ccncc4)c(-c4ccc(F)cc4)[nH]3)ccc2[SH]1C. The van der Waals surface area contributed by atoms with Crippen LogP contribution in [0.4, 0.5) is 4.39 Å². The molecule has 2 nitrogen and oxygen atoms in total. The normalized spacial score (nSPS) is 19.2. The third kappa shape index (κ3) is 3.92. The van der Waals surface area contributed by atoms with Crippen molar-refractivity contribution in [2.45, 2.75) is 22.3 Å². The van der Waals surface area contributed by atoms with E-state index >= 15 is 0 Å². The van der Waals surface area contributed by atoms with Gasteiger partial charge in [-0.1, -0.05) is 6.07 Å². The van der Waals surface area contributed by atoms with E-state index in [4.69, 9.17) is 0 Å². The Labute approximate surface area is 189 Å². The Morgan fingerprint density at radius 2 is 1.71 bits per heavy atom. The van der Waals surface area contributed by atoms with Crippen molar-refractivity contribution < 1.29 is 4.39 Å². The molecule has 2 unspecified atom stereocenters. The van der Waals surface area contributed by atoms with Crippen LogP contribution in [0.3, 0.4) is 0 Å². The maximum atomic E-state index is 13.5. The first-order valence-corrected chi connectivity index (χ1v) is 13.6. The van der Waals surface area contributed by atoms with E-state index in [0.717, 1.165) is 39.1 Å². The van der Waals surface area contributed by atoms with Crippen LogP contribution in [0.1, 0.15) is 12.0 Å². The van der Waals surface area contributed by atoms with E-state index in [0.29, 0.717) is 0 Å². The fourth-order valence-electron chi connectivity index (χ4n) is 4.41. The van der Waals surface area contributed by atoms with Gasteiger partial charge in [0.25, 0.3) is 0 Å². The number of hydrogen-bond acceptors (Lipinski definition) is 2. The lowest BCUT2D eigenvalue weighted by Crippen LogP contribution is -2.12. The van der Waals surface area contributed by atoms with Crippen molar-refractivity contribution in [1.29, 1.82) is 0 Å². The summed E-state index contributed by atoms with van der Waals surface area (Å²) in [5, 5.41) is 0. The number of thiol groups is 1. The molecule has 158 valence electrons. The maximum absolute atomic E-state index is 13.5. The number of aromatic amines is 1. The lowest BCUT2D eigenvalue weighted by Gasteiger charge is -2.33. The van der Waals surface area contributed by atoms with Crippen LogP contribution in [0.2, 0.25) is 0 Å². The van der Waals surface area contributed by atoms with E-state index in [2.05, 4.69) is 46.7 Å². The summed E-state index contributed by atoms with van der Waals surface area (Å²) in [6, 6.07) is 19.9. The third-order valence-electron chi connectivity index (χ3n) is 6.08. The van der Waals surface area contributed by atoms with E-state index in [1.54, 1.807) is 17.3 Å². The summed E-state index contributed by atoms with van der Waals surface area (Å²) < 4.78 is 14.3. The van der Waals surface area contributed by atoms with Crippen LogP contribution in [-0.4, -0.2) is 27.1 Å². The van der Waals surface area contributed by atoms with Crippen molar-refractivity contribution in [3.8, 4) is 33.6 Å². The van der Waals surface area contributed by atoms with Crippen LogP contribution in [0, 0.1) is 5.82 Å². The summed E-state index contributed by atoms with van der Waals surface area (Å²) in [7, 11) is -0.118. The predicted octanol–water partition coefficient (Wildman–Crippen LogP) is 7.18. The average Bonchev–Trinajstić information content (AvgIpc) is 3.26. The molecule has 2 aromatic heterocycles.